The van der Waals surface area contributed by atoms with Gasteiger partial charge in [0.05, 0.1) is 10.7 Å². The number of aromatic nitrogens is 1. The van der Waals surface area contributed by atoms with Crippen molar-refractivity contribution in [2.24, 2.45) is 11.8 Å². The maximum absolute atomic E-state index is 4.60. The normalized spacial score (nSPS) is 26.3. The highest BCUT2D eigenvalue weighted by Gasteiger charge is 2.28. The highest BCUT2D eigenvalue weighted by atomic mass is 32.1. The zero-order valence-corrected chi connectivity index (χ0v) is 12.0. The molecule has 1 aliphatic carbocycles. The number of thiazole rings is 1. The van der Waals surface area contributed by atoms with E-state index in [4.69, 9.17) is 0 Å². The summed E-state index contributed by atoms with van der Waals surface area (Å²) in [7, 11) is 0. The van der Waals surface area contributed by atoms with E-state index in [1.807, 2.05) is 0 Å². The molecule has 3 heteroatoms. The van der Waals surface area contributed by atoms with Gasteiger partial charge < -0.3 is 5.32 Å². The van der Waals surface area contributed by atoms with Crippen molar-refractivity contribution >= 4 is 11.3 Å². The molecule has 3 atom stereocenters. The van der Waals surface area contributed by atoms with Crippen molar-refractivity contribution in [3.8, 4) is 0 Å². The minimum absolute atomic E-state index is 0.631. The molecule has 0 aliphatic heterocycles. The number of hydrogen-bond acceptors (Lipinski definition) is 3. The van der Waals surface area contributed by atoms with Crippen LogP contribution in [0.1, 0.15) is 43.8 Å². The summed E-state index contributed by atoms with van der Waals surface area (Å²) < 4.78 is 0. The van der Waals surface area contributed by atoms with Gasteiger partial charge in [-0.25, -0.2) is 4.98 Å². The molecular weight excluding hydrogens is 228 g/mol. The van der Waals surface area contributed by atoms with Crippen molar-refractivity contribution in [3.63, 3.8) is 0 Å². The number of rotatable bonds is 5. The second-order valence-corrected chi connectivity index (χ2v) is 6.47. The van der Waals surface area contributed by atoms with Crippen LogP contribution in [-0.4, -0.2) is 17.6 Å². The van der Waals surface area contributed by atoms with Gasteiger partial charge in [-0.1, -0.05) is 20.3 Å². The van der Waals surface area contributed by atoms with Gasteiger partial charge in [-0.05, 0) is 38.1 Å². The van der Waals surface area contributed by atoms with Gasteiger partial charge in [0, 0.05) is 17.8 Å². The van der Waals surface area contributed by atoms with E-state index in [9.17, 15) is 0 Å². The van der Waals surface area contributed by atoms with E-state index in [0.717, 1.165) is 24.8 Å². The molecule has 17 heavy (non-hydrogen) atoms. The molecule has 0 radical (unpaired) electrons. The third-order valence-electron chi connectivity index (χ3n) is 3.87. The first-order valence-corrected chi connectivity index (χ1v) is 7.71. The SMILES string of the molecule is CCNC(Cc1csc(C)n1)C1CCC(C)C1. The van der Waals surface area contributed by atoms with E-state index in [1.165, 1.54) is 30.0 Å². The zero-order chi connectivity index (χ0) is 12.3. The smallest absolute Gasteiger partial charge is 0.0897 e. The Morgan fingerprint density at radius 3 is 2.88 bits per heavy atom. The highest BCUT2D eigenvalue weighted by molar-refractivity contribution is 7.09. The monoisotopic (exact) mass is 252 g/mol. The molecule has 1 heterocycles. The lowest BCUT2D eigenvalue weighted by Gasteiger charge is -2.23. The predicted octanol–water partition coefficient (Wildman–Crippen LogP) is 3.41. The van der Waals surface area contributed by atoms with Gasteiger partial charge in [0.25, 0.3) is 0 Å². The molecule has 3 unspecified atom stereocenters. The Bertz CT molecular complexity index is 348. The maximum Gasteiger partial charge on any atom is 0.0897 e. The Morgan fingerprint density at radius 2 is 2.35 bits per heavy atom. The number of nitrogens with zero attached hydrogens (tertiary/aromatic N) is 1. The van der Waals surface area contributed by atoms with Crippen LogP contribution < -0.4 is 5.32 Å². The molecule has 1 aliphatic rings. The first-order valence-electron chi connectivity index (χ1n) is 6.83. The van der Waals surface area contributed by atoms with E-state index >= 15 is 0 Å². The quantitative estimate of drug-likeness (QED) is 0.868. The van der Waals surface area contributed by atoms with Crippen LogP contribution in [0.2, 0.25) is 0 Å². The van der Waals surface area contributed by atoms with Crippen LogP contribution in [0.4, 0.5) is 0 Å². The molecule has 0 saturated heterocycles. The van der Waals surface area contributed by atoms with Crippen LogP contribution in [0, 0.1) is 18.8 Å². The van der Waals surface area contributed by atoms with Crippen molar-refractivity contribution in [3.05, 3.63) is 16.1 Å². The first kappa shape index (κ1) is 13.0. The molecule has 96 valence electrons. The van der Waals surface area contributed by atoms with Gasteiger partial charge in [0.2, 0.25) is 0 Å². The average molecular weight is 252 g/mol. The summed E-state index contributed by atoms with van der Waals surface area (Å²) in [5, 5.41) is 7.08. The molecule has 1 aromatic heterocycles. The fourth-order valence-electron chi connectivity index (χ4n) is 3.01. The molecule has 1 N–H and O–H groups in total. The summed E-state index contributed by atoms with van der Waals surface area (Å²) >= 11 is 1.77. The lowest BCUT2D eigenvalue weighted by molar-refractivity contribution is 0.352. The van der Waals surface area contributed by atoms with E-state index in [0.29, 0.717) is 6.04 Å². The van der Waals surface area contributed by atoms with Crippen molar-refractivity contribution in [2.45, 2.75) is 52.5 Å². The zero-order valence-electron chi connectivity index (χ0n) is 11.2. The Balaban J connectivity index is 1.97. The fourth-order valence-corrected chi connectivity index (χ4v) is 3.64. The molecule has 0 amide bonds. The van der Waals surface area contributed by atoms with Crippen LogP contribution in [0.5, 0.6) is 0 Å². The molecule has 2 rings (SSSR count). The summed E-state index contributed by atoms with van der Waals surface area (Å²) in [4.78, 5) is 4.60. The van der Waals surface area contributed by atoms with E-state index in [2.05, 4.69) is 36.5 Å². The van der Waals surface area contributed by atoms with Crippen LogP contribution in [0.15, 0.2) is 5.38 Å². The third-order valence-corrected chi connectivity index (χ3v) is 4.69. The van der Waals surface area contributed by atoms with Gasteiger partial charge in [-0.2, -0.15) is 0 Å². The molecule has 0 spiro atoms. The minimum atomic E-state index is 0.631. The van der Waals surface area contributed by atoms with E-state index in [-0.39, 0.29) is 0 Å². The molecule has 0 aromatic carbocycles. The van der Waals surface area contributed by atoms with E-state index in [1.54, 1.807) is 11.3 Å². The van der Waals surface area contributed by atoms with Crippen LogP contribution in [0.25, 0.3) is 0 Å². The lowest BCUT2D eigenvalue weighted by atomic mass is 9.93. The molecule has 2 nitrogen and oxygen atoms in total. The second kappa shape index (κ2) is 5.96. The van der Waals surface area contributed by atoms with Crippen LogP contribution in [-0.2, 0) is 6.42 Å². The molecule has 1 fully saturated rings. The van der Waals surface area contributed by atoms with Crippen LogP contribution in [0.3, 0.4) is 0 Å². The van der Waals surface area contributed by atoms with Gasteiger partial charge >= 0.3 is 0 Å². The largest absolute Gasteiger partial charge is 0.314 e. The first-order chi connectivity index (χ1) is 8.19. The molecule has 1 saturated carbocycles. The Hall–Kier alpha value is -0.410. The summed E-state index contributed by atoms with van der Waals surface area (Å²) in [6.07, 6.45) is 5.29. The predicted molar refractivity (Wildman–Crippen MR) is 74.5 cm³/mol. The molecular formula is C14H24N2S. The van der Waals surface area contributed by atoms with Gasteiger partial charge in [-0.15, -0.1) is 11.3 Å². The third kappa shape index (κ3) is 3.52. The summed E-state index contributed by atoms with van der Waals surface area (Å²) in [6, 6.07) is 0.631. The Kier molecular flexibility index (Phi) is 4.57. The number of likely N-dealkylation sites (N-methyl/N-ethyl adjacent to an activating group) is 1. The lowest BCUT2D eigenvalue weighted by Crippen LogP contribution is -2.37. The van der Waals surface area contributed by atoms with Crippen molar-refractivity contribution < 1.29 is 0 Å². The average Bonchev–Trinajstić information content (AvgIpc) is 2.87. The summed E-state index contributed by atoms with van der Waals surface area (Å²) in [5.41, 5.74) is 1.28. The Labute approximate surface area is 109 Å². The van der Waals surface area contributed by atoms with Crippen molar-refractivity contribution in [2.75, 3.05) is 6.54 Å². The molecule has 1 aromatic rings. The number of aryl methyl sites for hydroxylation is 1. The molecule has 0 bridgehead atoms. The minimum Gasteiger partial charge on any atom is -0.314 e. The second-order valence-electron chi connectivity index (χ2n) is 5.40. The highest BCUT2D eigenvalue weighted by Crippen LogP contribution is 2.33. The van der Waals surface area contributed by atoms with Crippen LogP contribution >= 0.6 is 11.3 Å². The summed E-state index contributed by atoms with van der Waals surface area (Å²) in [6.45, 7) is 7.75. The Morgan fingerprint density at radius 1 is 1.53 bits per heavy atom. The van der Waals surface area contributed by atoms with Gasteiger partial charge in [-0.3, -0.25) is 0 Å². The van der Waals surface area contributed by atoms with Crippen molar-refractivity contribution in [1.82, 2.24) is 10.3 Å². The van der Waals surface area contributed by atoms with Crippen molar-refractivity contribution in [1.29, 1.82) is 0 Å². The van der Waals surface area contributed by atoms with Gasteiger partial charge in [0.1, 0.15) is 0 Å². The topological polar surface area (TPSA) is 24.9 Å². The standard InChI is InChI=1S/C14H24N2S/c1-4-15-14(12-6-5-10(2)7-12)8-13-9-17-11(3)16-13/h9-10,12,14-15H,4-8H2,1-3H3. The number of nitrogens with one attached hydrogen (secondary N) is 1. The van der Waals surface area contributed by atoms with E-state index < -0.39 is 0 Å². The summed E-state index contributed by atoms with van der Waals surface area (Å²) in [5.74, 6) is 1.77. The maximum atomic E-state index is 4.60. The fraction of sp³-hybridized carbons (Fsp3) is 0.786. The van der Waals surface area contributed by atoms with Gasteiger partial charge in [0.15, 0.2) is 0 Å². The number of hydrogen-bond donors (Lipinski definition) is 1.